The van der Waals surface area contributed by atoms with E-state index in [1.807, 2.05) is 0 Å². The van der Waals surface area contributed by atoms with E-state index >= 15 is 0 Å². The number of aliphatic hydroxyl groups excluding tert-OH is 1. The number of hydrogen-bond acceptors (Lipinski definition) is 6. The van der Waals surface area contributed by atoms with Gasteiger partial charge in [0.1, 0.15) is 5.76 Å². The highest BCUT2D eigenvalue weighted by Crippen LogP contribution is 2.42. The third-order valence-electron chi connectivity index (χ3n) is 5.29. The molecule has 1 aromatic heterocycles. The predicted octanol–water partition coefficient (Wildman–Crippen LogP) is 5.04. The third kappa shape index (κ3) is 4.49. The number of hydrogen-bond donors (Lipinski definition) is 1. The molecule has 1 N–H and O–H groups in total. The van der Waals surface area contributed by atoms with Gasteiger partial charge >= 0.3 is 5.97 Å². The monoisotopic (exact) mass is 520 g/mol. The summed E-state index contributed by atoms with van der Waals surface area (Å²) in [5.41, 5.74) is 1.64. The average molecular weight is 521 g/mol. The van der Waals surface area contributed by atoms with Crippen LogP contribution in [0.3, 0.4) is 0 Å². The molecule has 1 atom stereocenters. The van der Waals surface area contributed by atoms with Crippen molar-refractivity contribution >= 4 is 45.0 Å². The normalized spacial score (nSPS) is 17.3. The number of esters is 1. The summed E-state index contributed by atoms with van der Waals surface area (Å²) in [6.45, 7) is 3.51. The minimum atomic E-state index is -0.897. The number of ketones is 1. The smallest absolute Gasteiger partial charge is 0.338 e. The van der Waals surface area contributed by atoms with Gasteiger partial charge in [0.25, 0.3) is 11.7 Å². The van der Waals surface area contributed by atoms with Crippen molar-refractivity contribution in [2.45, 2.75) is 26.0 Å². The molecule has 0 spiro atoms. The Labute approximate surface area is 204 Å². The van der Waals surface area contributed by atoms with Crippen molar-refractivity contribution in [1.82, 2.24) is 4.98 Å². The summed E-state index contributed by atoms with van der Waals surface area (Å²) in [4.78, 5) is 43.9. The number of rotatable bonds is 5. The van der Waals surface area contributed by atoms with Crippen LogP contribution in [-0.2, 0) is 14.3 Å². The van der Waals surface area contributed by atoms with Crippen LogP contribution in [0, 0.1) is 0 Å². The van der Waals surface area contributed by atoms with E-state index in [1.54, 1.807) is 74.8 Å². The number of benzene rings is 2. The second kappa shape index (κ2) is 9.61. The number of amides is 1. The maximum absolute atomic E-state index is 13.2. The van der Waals surface area contributed by atoms with Gasteiger partial charge in [0.2, 0.25) is 0 Å². The predicted molar refractivity (Wildman–Crippen MR) is 130 cm³/mol. The number of aliphatic hydroxyl groups is 1. The molecule has 4 rings (SSSR count). The van der Waals surface area contributed by atoms with Gasteiger partial charge in [-0.25, -0.2) is 4.79 Å². The molecule has 2 heterocycles. The number of ether oxygens (including phenoxy) is 1. The highest BCUT2D eigenvalue weighted by molar-refractivity contribution is 9.10. The van der Waals surface area contributed by atoms with Crippen molar-refractivity contribution in [1.29, 1.82) is 0 Å². The van der Waals surface area contributed by atoms with Gasteiger partial charge in [0.15, 0.2) is 0 Å². The van der Waals surface area contributed by atoms with E-state index in [0.29, 0.717) is 22.4 Å². The molecule has 1 fully saturated rings. The Balaban J connectivity index is 1.82. The van der Waals surface area contributed by atoms with Crippen LogP contribution in [-0.4, -0.2) is 33.9 Å². The lowest BCUT2D eigenvalue weighted by molar-refractivity contribution is -0.132. The number of carbonyl (C=O) groups excluding carboxylic acids is 3. The minimum Gasteiger partial charge on any atom is -0.507 e. The number of carbonyl (C=O) groups is 3. The van der Waals surface area contributed by atoms with Gasteiger partial charge < -0.3 is 9.84 Å². The summed E-state index contributed by atoms with van der Waals surface area (Å²) in [6.07, 6.45) is 2.86. The van der Waals surface area contributed by atoms with E-state index in [1.165, 1.54) is 17.0 Å². The molecule has 0 radical (unpaired) electrons. The lowest BCUT2D eigenvalue weighted by Gasteiger charge is -2.25. The Kier molecular flexibility index (Phi) is 6.61. The first-order chi connectivity index (χ1) is 16.3. The molecule has 34 heavy (non-hydrogen) atoms. The highest BCUT2D eigenvalue weighted by atomic mass is 79.9. The fourth-order valence-corrected chi connectivity index (χ4v) is 4.02. The molecule has 1 saturated heterocycles. The first-order valence-electron chi connectivity index (χ1n) is 10.6. The van der Waals surface area contributed by atoms with Gasteiger partial charge in [0.05, 0.1) is 23.3 Å². The Bertz CT molecular complexity index is 1270. The Morgan fingerprint density at radius 3 is 2.26 bits per heavy atom. The van der Waals surface area contributed by atoms with Crippen molar-refractivity contribution in [3.8, 4) is 0 Å². The summed E-state index contributed by atoms with van der Waals surface area (Å²) >= 11 is 3.35. The maximum Gasteiger partial charge on any atom is 0.338 e. The molecule has 7 nitrogen and oxygen atoms in total. The van der Waals surface area contributed by atoms with E-state index in [2.05, 4.69) is 20.9 Å². The van der Waals surface area contributed by atoms with E-state index in [-0.39, 0.29) is 17.4 Å². The van der Waals surface area contributed by atoms with Gasteiger partial charge in [-0.15, -0.1) is 0 Å². The van der Waals surface area contributed by atoms with E-state index in [4.69, 9.17) is 4.74 Å². The van der Waals surface area contributed by atoms with Crippen molar-refractivity contribution in [3.63, 3.8) is 0 Å². The van der Waals surface area contributed by atoms with Crippen LogP contribution >= 0.6 is 15.9 Å². The molecule has 0 saturated carbocycles. The zero-order valence-corrected chi connectivity index (χ0v) is 20.0. The summed E-state index contributed by atoms with van der Waals surface area (Å²) in [6, 6.07) is 15.5. The topological polar surface area (TPSA) is 96.8 Å². The fourth-order valence-electron chi connectivity index (χ4n) is 3.76. The van der Waals surface area contributed by atoms with Crippen LogP contribution in [0.2, 0.25) is 0 Å². The van der Waals surface area contributed by atoms with Crippen LogP contribution in [0.25, 0.3) is 5.76 Å². The number of nitrogens with zero attached hydrogens (tertiary/aromatic N) is 2. The van der Waals surface area contributed by atoms with Crippen LogP contribution < -0.4 is 4.90 Å². The molecule has 1 amide bonds. The second-order valence-corrected chi connectivity index (χ2v) is 8.88. The quantitative estimate of drug-likeness (QED) is 0.219. The zero-order valence-electron chi connectivity index (χ0n) is 18.4. The molecule has 8 heteroatoms. The Hall–Kier alpha value is -3.78. The lowest BCUT2D eigenvalue weighted by Crippen LogP contribution is -2.29. The van der Waals surface area contributed by atoms with Gasteiger partial charge in [-0.05, 0) is 61.9 Å². The second-order valence-electron chi connectivity index (χ2n) is 7.96. The molecule has 172 valence electrons. The van der Waals surface area contributed by atoms with Gasteiger partial charge in [-0.3, -0.25) is 19.5 Å². The van der Waals surface area contributed by atoms with Crippen LogP contribution in [0.1, 0.15) is 41.4 Å². The SMILES string of the molecule is CC(C)OC(=O)c1ccc(N2C(=O)C(=O)/C(=C(/O)c3ccc(Br)cc3)C2c2cccnc2)cc1. The van der Waals surface area contributed by atoms with Crippen molar-refractivity contribution in [2.75, 3.05) is 4.90 Å². The molecule has 0 bridgehead atoms. The summed E-state index contributed by atoms with van der Waals surface area (Å²) < 4.78 is 6.02. The molecule has 2 aromatic carbocycles. The molecule has 0 aliphatic carbocycles. The van der Waals surface area contributed by atoms with Gasteiger partial charge in [-0.1, -0.05) is 34.1 Å². The first-order valence-corrected chi connectivity index (χ1v) is 11.3. The van der Waals surface area contributed by atoms with Crippen molar-refractivity contribution in [2.24, 2.45) is 0 Å². The zero-order chi connectivity index (χ0) is 24.4. The number of halogens is 1. The Morgan fingerprint density at radius 2 is 1.68 bits per heavy atom. The van der Waals surface area contributed by atoms with Gasteiger partial charge in [-0.2, -0.15) is 0 Å². The maximum atomic E-state index is 13.2. The van der Waals surface area contributed by atoms with Gasteiger partial charge in [0, 0.05) is 28.1 Å². The number of aromatic nitrogens is 1. The number of Topliss-reactive ketones (excluding diaryl/α,β-unsaturated/α-hetero) is 1. The molecule has 1 unspecified atom stereocenters. The average Bonchev–Trinajstić information content (AvgIpc) is 3.10. The summed E-state index contributed by atoms with van der Waals surface area (Å²) in [7, 11) is 0. The largest absolute Gasteiger partial charge is 0.507 e. The first kappa shape index (κ1) is 23.4. The van der Waals surface area contributed by atoms with Crippen molar-refractivity contribution in [3.05, 3.63) is 99.8 Å². The molecule has 1 aliphatic heterocycles. The number of anilines is 1. The van der Waals surface area contributed by atoms with Crippen LogP contribution in [0.4, 0.5) is 5.69 Å². The fraction of sp³-hybridized carbons (Fsp3) is 0.154. The molecular formula is C26H21BrN2O5. The third-order valence-corrected chi connectivity index (χ3v) is 5.81. The summed E-state index contributed by atoms with van der Waals surface area (Å²) in [5.74, 6) is -2.36. The standard InChI is InChI=1S/C26H21BrN2O5/c1-15(2)34-26(33)17-7-11-20(12-8-17)29-22(18-4-3-13-28-14-18)21(24(31)25(29)32)23(30)16-5-9-19(27)10-6-16/h3-15,22,30H,1-2H3/b23-21+. The van der Waals surface area contributed by atoms with Crippen LogP contribution in [0.5, 0.6) is 0 Å². The molecule has 1 aliphatic rings. The van der Waals surface area contributed by atoms with Crippen molar-refractivity contribution < 1.29 is 24.2 Å². The highest BCUT2D eigenvalue weighted by Gasteiger charge is 2.47. The van der Waals surface area contributed by atoms with E-state index in [0.717, 1.165) is 4.47 Å². The summed E-state index contributed by atoms with van der Waals surface area (Å²) in [5, 5.41) is 11.1. The van der Waals surface area contributed by atoms with E-state index < -0.39 is 23.7 Å². The number of pyridine rings is 1. The minimum absolute atomic E-state index is 0.0383. The Morgan fingerprint density at radius 1 is 1.03 bits per heavy atom. The van der Waals surface area contributed by atoms with E-state index in [9.17, 15) is 19.5 Å². The van der Waals surface area contributed by atoms with Crippen LogP contribution in [0.15, 0.2) is 83.1 Å². The molecular weight excluding hydrogens is 500 g/mol. The lowest BCUT2D eigenvalue weighted by atomic mass is 9.96. The molecule has 3 aromatic rings.